The molecule has 0 N–H and O–H groups in total. The van der Waals surface area contributed by atoms with Crippen LogP contribution in [0.3, 0.4) is 0 Å². The van der Waals surface area contributed by atoms with Crippen LogP contribution in [-0.2, 0) is 16.4 Å². The Morgan fingerprint density at radius 2 is 1.76 bits per heavy atom. The van der Waals surface area contributed by atoms with Crippen molar-refractivity contribution in [2.24, 2.45) is 11.8 Å². The van der Waals surface area contributed by atoms with Crippen LogP contribution < -0.4 is 0 Å². The number of aromatic nitrogens is 3. The summed E-state index contributed by atoms with van der Waals surface area (Å²) in [6, 6.07) is 2.78. The van der Waals surface area contributed by atoms with E-state index in [2.05, 4.69) is 17.0 Å². The van der Waals surface area contributed by atoms with Crippen LogP contribution in [-0.4, -0.2) is 38.5 Å². The predicted octanol–water partition coefficient (Wildman–Crippen LogP) is 4.41. The van der Waals surface area contributed by atoms with Crippen LogP contribution >= 0.6 is 0 Å². The van der Waals surface area contributed by atoms with Gasteiger partial charge in [-0.15, -0.1) is 0 Å². The van der Waals surface area contributed by atoms with Crippen molar-refractivity contribution < 1.29 is 18.0 Å². The Morgan fingerprint density at radius 1 is 1.14 bits per heavy atom. The summed E-state index contributed by atoms with van der Waals surface area (Å²) >= 11 is 0. The maximum Gasteiger partial charge on any atom is 0.433 e. The van der Waals surface area contributed by atoms with Crippen LogP contribution in [0, 0.1) is 11.8 Å². The van der Waals surface area contributed by atoms with E-state index in [1.165, 1.54) is 0 Å². The highest BCUT2D eigenvalue weighted by Crippen LogP contribution is 2.40. The van der Waals surface area contributed by atoms with Crippen LogP contribution in [0.2, 0.25) is 0 Å². The number of hydrogen-bond acceptors (Lipinski definition) is 3. The molecule has 4 rings (SSSR count). The van der Waals surface area contributed by atoms with Crippen LogP contribution in [0.15, 0.2) is 12.1 Å². The molecule has 2 aliphatic rings. The van der Waals surface area contributed by atoms with Crippen molar-refractivity contribution in [3.8, 4) is 0 Å². The van der Waals surface area contributed by atoms with Gasteiger partial charge in [-0.05, 0) is 31.2 Å². The maximum absolute atomic E-state index is 13.7. The van der Waals surface area contributed by atoms with Crippen LogP contribution in [0.25, 0.3) is 5.65 Å². The maximum atomic E-state index is 13.7. The monoisotopic (exact) mass is 408 g/mol. The molecule has 2 aromatic rings. The number of hydrogen-bond donors (Lipinski definition) is 0. The SMILES string of the molecule is C[C@@H]1C[C@H]1C(=O)N1CCC(c2cc3nc(C(C)(C)C)cc(C(F)(F)F)n3n2)CC1. The van der Waals surface area contributed by atoms with Gasteiger partial charge >= 0.3 is 6.18 Å². The minimum absolute atomic E-state index is 0.0385. The molecule has 1 aliphatic heterocycles. The number of fused-ring (bicyclic) bond motifs is 1. The van der Waals surface area contributed by atoms with E-state index in [0.717, 1.165) is 17.0 Å². The highest BCUT2D eigenvalue weighted by atomic mass is 19.4. The molecule has 1 amide bonds. The van der Waals surface area contributed by atoms with Gasteiger partial charge in [-0.25, -0.2) is 9.50 Å². The summed E-state index contributed by atoms with van der Waals surface area (Å²) in [7, 11) is 0. The molecule has 0 bridgehead atoms. The van der Waals surface area contributed by atoms with E-state index >= 15 is 0 Å². The Bertz CT molecular complexity index is 936. The Labute approximate surface area is 168 Å². The van der Waals surface area contributed by atoms with Gasteiger partial charge in [0.2, 0.25) is 5.91 Å². The number of rotatable bonds is 2. The lowest BCUT2D eigenvalue weighted by atomic mass is 9.91. The number of alkyl halides is 3. The van der Waals surface area contributed by atoms with Gasteiger partial charge in [0.1, 0.15) is 5.69 Å². The second kappa shape index (κ2) is 6.71. The molecule has 29 heavy (non-hydrogen) atoms. The van der Waals surface area contributed by atoms with E-state index in [0.29, 0.717) is 43.2 Å². The normalized spacial score (nSPS) is 23.6. The first-order valence-corrected chi connectivity index (χ1v) is 10.2. The Morgan fingerprint density at radius 3 is 2.28 bits per heavy atom. The van der Waals surface area contributed by atoms with Crippen molar-refractivity contribution in [2.45, 2.75) is 64.5 Å². The smallest absolute Gasteiger partial charge is 0.342 e. The molecule has 8 heteroatoms. The van der Waals surface area contributed by atoms with E-state index in [4.69, 9.17) is 0 Å². The second-order valence-electron chi connectivity index (χ2n) is 9.53. The number of amides is 1. The Hall–Kier alpha value is -2.12. The fourth-order valence-electron chi connectivity index (χ4n) is 4.07. The molecular formula is C21H27F3N4O. The van der Waals surface area contributed by atoms with Gasteiger partial charge in [0.25, 0.3) is 0 Å². The van der Waals surface area contributed by atoms with Gasteiger partial charge in [0, 0.05) is 36.4 Å². The average molecular weight is 408 g/mol. The van der Waals surface area contributed by atoms with E-state index in [1.807, 2.05) is 25.7 Å². The molecule has 2 atom stereocenters. The second-order valence-corrected chi connectivity index (χ2v) is 9.53. The summed E-state index contributed by atoms with van der Waals surface area (Å²) in [5.41, 5.74) is -0.0551. The van der Waals surface area contributed by atoms with Crippen molar-refractivity contribution in [1.82, 2.24) is 19.5 Å². The first-order valence-electron chi connectivity index (χ1n) is 10.2. The predicted molar refractivity (Wildman–Crippen MR) is 103 cm³/mol. The van der Waals surface area contributed by atoms with Crippen molar-refractivity contribution in [1.29, 1.82) is 0 Å². The topological polar surface area (TPSA) is 50.5 Å². The molecule has 3 heterocycles. The third kappa shape index (κ3) is 3.85. The number of nitrogens with zero attached hydrogens (tertiary/aromatic N) is 4. The van der Waals surface area contributed by atoms with Crippen molar-refractivity contribution in [3.05, 3.63) is 29.2 Å². The number of carbonyl (C=O) groups excluding carboxylic acids is 1. The van der Waals surface area contributed by atoms with Crippen molar-refractivity contribution in [2.75, 3.05) is 13.1 Å². The van der Waals surface area contributed by atoms with Crippen LogP contribution in [0.4, 0.5) is 13.2 Å². The molecular weight excluding hydrogens is 381 g/mol. The third-order valence-corrected chi connectivity index (χ3v) is 6.16. The minimum Gasteiger partial charge on any atom is -0.342 e. The van der Waals surface area contributed by atoms with E-state index < -0.39 is 17.3 Å². The first-order chi connectivity index (χ1) is 13.4. The van der Waals surface area contributed by atoms with Gasteiger partial charge in [0.05, 0.1) is 11.4 Å². The Balaban J connectivity index is 1.60. The zero-order valence-corrected chi connectivity index (χ0v) is 17.3. The van der Waals surface area contributed by atoms with E-state index in [1.54, 1.807) is 6.07 Å². The minimum atomic E-state index is -4.51. The largest absolute Gasteiger partial charge is 0.433 e. The molecule has 2 fully saturated rings. The fourth-order valence-corrected chi connectivity index (χ4v) is 4.07. The lowest BCUT2D eigenvalue weighted by Crippen LogP contribution is -2.39. The number of halogens is 3. The quantitative estimate of drug-likeness (QED) is 0.740. The molecule has 158 valence electrons. The fraction of sp³-hybridized carbons (Fsp3) is 0.667. The molecule has 0 unspecified atom stereocenters. The van der Waals surface area contributed by atoms with Crippen LogP contribution in [0.5, 0.6) is 0 Å². The highest BCUT2D eigenvalue weighted by Gasteiger charge is 2.42. The number of piperidine rings is 1. The summed E-state index contributed by atoms with van der Waals surface area (Å²) in [6.07, 6.45) is -2.12. The van der Waals surface area contributed by atoms with Crippen molar-refractivity contribution in [3.63, 3.8) is 0 Å². The van der Waals surface area contributed by atoms with E-state index in [-0.39, 0.29) is 23.4 Å². The molecule has 5 nitrogen and oxygen atoms in total. The molecule has 0 spiro atoms. The van der Waals surface area contributed by atoms with Gasteiger partial charge in [-0.2, -0.15) is 18.3 Å². The summed E-state index contributed by atoms with van der Waals surface area (Å²) in [5.74, 6) is 0.900. The average Bonchev–Trinajstić information content (AvgIpc) is 3.20. The first kappa shape index (κ1) is 20.2. The molecule has 0 aromatic carbocycles. The summed E-state index contributed by atoms with van der Waals surface area (Å²) in [4.78, 5) is 18.8. The van der Waals surface area contributed by atoms with Gasteiger partial charge < -0.3 is 4.90 Å². The molecule has 2 aromatic heterocycles. The van der Waals surface area contributed by atoms with Crippen molar-refractivity contribution >= 4 is 11.6 Å². The standard InChI is InChI=1S/C21H27F3N4O/c1-12-9-14(12)19(29)27-7-5-13(6-8-27)15-10-18-25-16(20(2,3)4)11-17(21(22,23)24)28(18)26-15/h10-14H,5-9H2,1-4H3/t12-,14-/m1/s1. The summed E-state index contributed by atoms with van der Waals surface area (Å²) in [5, 5.41) is 4.29. The molecule has 1 aliphatic carbocycles. The summed E-state index contributed by atoms with van der Waals surface area (Å²) < 4.78 is 41.9. The number of carbonyl (C=O) groups is 1. The molecule has 0 radical (unpaired) electrons. The zero-order chi connectivity index (χ0) is 21.1. The van der Waals surface area contributed by atoms with Gasteiger partial charge in [-0.3, -0.25) is 4.79 Å². The summed E-state index contributed by atoms with van der Waals surface area (Å²) in [6.45, 7) is 8.88. The number of likely N-dealkylation sites (tertiary alicyclic amines) is 1. The highest BCUT2D eigenvalue weighted by molar-refractivity contribution is 5.81. The third-order valence-electron chi connectivity index (χ3n) is 6.16. The van der Waals surface area contributed by atoms with Gasteiger partial charge in [-0.1, -0.05) is 27.7 Å². The zero-order valence-electron chi connectivity index (χ0n) is 17.3. The molecule has 1 saturated heterocycles. The van der Waals surface area contributed by atoms with Crippen LogP contribution in [0.1, 0.15) is 70.0 Å². The Kier molecular flexibility index (Phi) is 4.66. The molecule has 1 saturated carbocycles. The van der Waals surface area contributed by atoms with Gasteiger partial charge in [0.15, 0.2) is 5.65 Å². The van der Waals surface area contributed by atoms with E-state index in [9.17, 15) is 18.0 Å². The lowest BCUT2D eigenvalue weighted by Gasteiger charge is -2.31. The lowest BCUT2D eigenvalue weighted by molar-refractivity contribution is -0.142.